The molecule has 6 rings (SSSR count). The maximum absolute atomic E-state index is 4.81. The van der Waals surface area contributed by atoms with Gasteiger partial charge in [-0.3, -0.25) is 0 Å². The molecular weight excluding hydrogens is 378 g/mol. The highest BCUT2D eigenvalue weighted by molar-refractivity contribution is 6.21. The van der Waals surface area contributed by atoms with Gasteiger partial charge >= 0.3 is 0 Å². The van der Waals surface area contributed by atoms with Crippen molar-refractivity contribution >= 4 is 43.5 Å². The van der Waals surface area contributed by atoms with Crippen LogP contribution in [0.1, 0.15) is 25.3 Å². The molecule has 3 nitrogen and oxygen atoms in total. The van der Waals surface area contributed by atoms with Crippen LogP contribution < -0.4 is 0 Å². The van der Waals surface area contributed by atoms with Crippen molar-refractivity contribution in [2.45, 2.75) is 19.8 Å². The Hall–Kier alpha value is -3.72. The molecule has 4 aromatic carbocycles. The molecule has 3 heteroatoms. The van der Waals surface area contributed by atoms with Crippen LogP contribution in [0.4, 0.5) is 0 Å². The molecule has 0 fully saturated rings. The molecule has 2 heterocycles. The Balaban J connectivity index is 1.76. The number of aromatic nitrogens is 3. The van der Waals surface area contributed by atoms with Crippen molar-refractivity contribution in [3.63, 3.8) is 0 Å². The first-order valence-electron chi connectivity index (χ1n) is 10.8. The summed E-state index contributed by atoms with van der Waals surface area (Å²) in [7, 11) is 2.12. The van der Waals surface area contributed by atoms with Crippen LogP contribution in [0.3, 0.4) is 0 Å². The van der Waals surface area contributed by atoms with E-state index in [0.29, 0.717) is 5.92 Å². The summed E-state index contributed by atoms with van der Waals surface area (Å²) < 4.78 is 2.25. The quantitative estimate of drug-likeness (QED) is 0.307. The van der Waals surface area contributed by atoms with E-state index in [-0.39, 0.29) is 0 Å². The fraction of sp³-hybridized carbons (Fsp3) is 0.143. The van der Waals surface area contributed by atoms with Gasteiger partial charge in [-0.05, 0) is 39.1 Å². The topological polar surface area (TPSA) is 30.7 Å². The molecule has 0 amide bonds. The van der Waals surface area contributed by atoms with E-state index < -0.39 is 0 Å². The van der Waals surface area contributed by atoms with E-state index in [9.17, 15) is 0 Å². The zero-order valence-electron chi connectivity index (χ0n) is 17.9. The highest BCUT2D eigenvalue weighted by Gasteiger charge is 2.19. The second-order valence-corrected chi connectivity index (χ2v) is 8.56. The van der Waals surface area contributed by atoms with Gasteiger partial charge in [0.05, 0.1) is 16.7 Å². The molecule has 150 valence electrons. The molecule has 0 radical (unpaired) electrons. The van der Waals surface area contributed by atoms with Gasteiger partial charge in [-0.25, -0.2) is 9.97 Å². The molecule has 0 bridgehead atoms. The van der Waals surface area contributed by atoms with Crippen LogP contribution in [0.5, 0.6) is 0 Å². The van der Waals surface area contributed by atoms with Crippen molar-refractivity contribution < 1.29 is 0 Å². The number of benzene rings is 4. The van der Waals surface area contributed by atoms with E-state index in [1.807, 2.05) is 0 Å². The molecule has 0 saturated heterocycles. The van der Waals surface area contributed by atoms with Crippen LogP contribution in [-0.4, -0.2) is 14.5 Å². The third-order valence-electron chi connectivity index (χ3n) is 6.50. The smallest absolute Gasteiger partial charge is 0.116 e. The third kappa shape index (κ3) is 2.53. The van der Waals surface area contributed by atoms with E-state index in [1.165, 1.54) is 38.0 Å². The Morgan fingerprint density at radius 1 is 0.742 bits per heavy atom. The number of aryl methyl sites for hydroxylation is 1. The van der Waals surface area contributed by atoms with Gasteiger partial charge in [-0.15, -0.1) is 0 Å². The minimum absolute atomic E-state index is 0.466. The summed E-state index contributed by atoms with van der Waals surface area (Å²) in [5, 5.41) is 6.20. The minimum atomic E-state index is 0.466. The third-order valence-corrected chi connectivity index (χ3v) is 6.50. The molecule has 0 aliphatic heterocycles. The van der Waals surface area contributed by atoms with E-state index in [0.717, 1.165) is 22.3 Å². The average molecular weight is 402 g/mol. The Morgan fingerprint density at radius 2 is 1.48 bits per heavy atom. The Bertz CT molecular complexity index is 1620. The summed E-state index contributed by atoms with van der Waals surface area (Å²) in [5.74, 6) is 0.466. The van der Waals surface area contributed by atoms with Gasteiger partial charge in [0.2, 0.25) is 0 Å². The maximum atomic E-state index is 4.81. The highest BCUT2D eigenvalue weighted by atomic mass is 15.0. The lowest BCUT2D eigenvalue weighted by molar-refractivity contribution is 0.876. The monoisotopic (exact) mass is 401 g/mol. The molecule has 0 unspecified atom stereocenters. The van der Waals surface area contributed by atoms with Crippen LogP contribution in [0, 0.1) is 0 Å². The van der Waals surface area contributed by atoms with Gasteiger partial charge in [0.15, 0.2) is 0 Å². The van der Waals surface area contributed by atoms with Crippen molar-refractivity contribution in [2.24, 2.45) is 7.05 Å². The summed E-state index contributed by atoms with van der Waals surface area (Å²) in [6, 6.07) is 26.1. The van der Waals surface area contributed by atoms with Crippen molar-refractivity contribution in [1.82, 2.24) is 14.5 Å². The lowest BCUT2D eigenvalue weighted by Crippen LogP contribution is -1.96. The van der Waals surface area contributed by atoms with Crippen LogP contribution in [-0.2, 0) is 7.05 Å². The molecule has 0 aliphatic rings. The zero-order chi connectivity index (χ0) is 21.1. The lowest BCUT2D eigenvalue weighted by Gasteiger charge is -2.14. The molecular formula is C28H23N3. The van der Waals surface area contributed by atoms with E-state index in [4.69, 9.17) is 9.97 Å². The Kier molecular flexibility index (Phi) is 3.87. The van der Waals surface area contributed by atoms with Crippen LogP contribution in [0.2, 0.25) is 0 Å². The standard InChI is InChI=1S/C28H23N3/c1-17(2)19-13-14-23(22-11-7-6-10-21(19)22)26-28-27(30-16-29-26)25-20-9-5-4-8-18(20)12-15-24(25)31(28)3/h4-17H,1-3H3. The van der Waals surface area contributed by atoms with Crippen LogP contribution in [0.25, 0.3) is 54.7 Å². The number of nitrogens with zero attached hydrogens (tertiary/aromatic N) is 3. The van der Waals surface area contributed by atoms with Crippen LogP contribution >= 0.6 is 0 Å². The first-order valence-corrected chi connectivity index (χ1v) is 10.8. The Morgan fingerprint density at radius 3 is 2.29 bits per heavy atom. The van der Waals surface area contributed by atoms with Gasteiger partial charge < -0.3 is 4.57 Å². The number of fused-ring (bicyclic) bond motifs is 6. The molecule has 0 N–H and O–H groups in total. The average Bonchev–Trinajstić information content (AvgIpc) is 3.11. The number of hydrogen-bond acceptors (Lipinski definition) is 2. The summed E-state index contributed by atoms with van der Waals surface area (Å²) in [4.78, 5) is 9.57. The van der Waals surface area contributed by atoms with E-state index in [2.05, 4.69) is 98.3 Å². The maximum Gasteiger partial charge on any atom is 0.116 e. The first-order chi connectivity index (χ1) is 15.1. The van der Waals surface area contributed by atoms with Crippen molar-refractivity contribution in [2.75, 3.05) is 0 Å². The summed E-state index contributed by atoms with van der Waals surface area (Å²) in [6.07, 6.45) is 1.71. The number of rotatable bonds is 2. The fourth-order valence-corrected chi connectivity index (χ4v) is 5.02. The molecule has 0 atom stereocenters. The highest BCUT2D eigenvalue weighted by Crippen LogP contribution is 2.39. The Labute approximate surface area is 181 Å². The van der Waals surface area contributed by atoms with Crippen molar-refractivity contribution in [1.29, 1.82) is 0 Å². The number of hydrogen-bond donors (Lipinski definition) is 0. The van der Waals surface area contributed by atoms with Crippen molar-refractivity contribution in [3.8, 4) is 11.3 Å². The van der Waals surface area contributed by atoms with Gasteiger partial charge in [-0.2, -0.15) is 0 Å². The zero-order valence-corrected chi connectivity index (χ0v) is 17.9. The van der Waals surface area contributed by atoms with Crippen LogP contribution in [0.15, 0.2) is 79.1 Å². The largest absolute Gasteiger partial charge is 0.340 e. The van der Waals surface area contributed by atoms with E-state index in [1.54, 1.807) is 6.33 Å². The predicted molar refractivity (Wildman–Crippen MR) is 131 cm³/mol. The first kappa shape index (κ1) is 18.1. The summed E-state index contributed by atoms with van der Waals surface area (Å²) in [5.41, 5.74) is 6.78. The summed E-state index contributed by atoms with van der Waals surface area (Å²) >= 11 is 0. The summed E-state index contributed by atoms with van der Waals surface area (Å²) in [6.45, 7) is 4.50. The molecule has 6 aromatic rings. The molecule has 0 spiro atoms. The molecule has 0 aliphatic carbocycles. The molecule has 31 heavy (non-hydrogen) atoms. The van der Waals surface area contributed by atoms with Gasteiger partial charge in [-0.1, -0.05) is 80.6 Å². The second kappa shape index (κ2) is 6.64. The lowest BCUT2D eigenvalue weighted by atomic mass is 9.92. The molecule has 2 aromatic heterocycles. The molecule has 0 saturated carbocycles. The predicted octanol–water partition coefficient (Wildman–Crippen LogP) is 7.22. The normalized spacial score (nSPS) is 12.0. The fourth-order valence-electron chi connectivity index (χ4n) is 5.02. The minimum Gasteiger partial charge on any atom is -0.340 e. The SMILES string of the molecule is CC(C)c1ccc(-c2ncnc3c4c5ccccc5ccc4n(C)c23)c2ccccc12. The second-order valence-electron chi connectivity index (χ2n) is 8.56. The van der Waals surface area contributed by atoms with E-state index >= 15 is 0 Å². The van der Waals surface area contributed by atoms with Crippen molar-refractivity contribution in [3.05, 3.63) is 84.7 Å². The van der Waals surface area contributed by atoms with Gasteiger partial charge in [0, 0.05) is 18.0 Å². The van der Waals surface area contributed by atoms with Gasteiger partial charge in [0.1, 0.15) is 11.8 Å². The van der Waals surface area contributed by atoms with Gasteiger partial charge in [0.25, 0.3) is 0 Å².